The van der Waals surface area contributed by atoms with Gasteiger partial charge >= 0.3 is 0 Å². The fourth-order valence-electron chi connectivity index (χ4n) is 3.28. The van der Waals surface area contributed by atoms with Crippen LogP contribution in [0.2, 0.25) is 0 Å². The number of carbonyl (C=O) groups excluding carboxylic acids is 1. The van der Waals surface area contributed by atoms with Gasteiger partial charge in [0.2, 0.25) is 0 Å². The van der Waals surface area contributed by atoms with Crippen LogP contribution in [0, 0.1) is 0 Å². The van der Waals surface area contributed by atoms with Crippen molar-refractivity contribution in [3.05, 3.63) is 60.2 Å². The number of benzene rings is 1. The summed E-state index contributed by atoms with van der Waals surface area (Å²) in [6.07, 6.45) is 3.48. The van der Waals surface area contributed by atoms with E-state index in [2.05, 4.69) is 5.16 Å². The zero-order chi connectivity index (χ0) is 19.3. The number of amides is 1. The molecule has 0 spiro atoms. The Labute approximate surface area is 162 Å². The van der Waals surface area contributed by atoms with Crippen LogP contribution in [0.5, 0.6) is 5.75 Å². The molecule has 0 aliphatic carbocycles. The summed E-state index contributed by atoms with van der Waals surface area (Å²) in [6, 6.07) is 12.7. The zero-order valence-electron chi connectivity index (χ0n) is 15.7. The third-order valence-electron chi connectivity index (χ3n) is 4.75. The van der Waals surface area contributed by atoms with E-state index in [4.69, 9.17) is 18.4 Å². The van der Waals surface area contributed by atoms with Crippen molar-refractivity contribution in [1.82, 2.24) is 10.1 Å². The van der Waals surface area contributed by atoms with Crippen LogP contribution in [0.25, 0.3) is 11.3 Å². The zero-order valence-corrected chi connectivity index (χ0v) is 15.7. The van der Waals surface area contributed by atoms with E-state index >= 15 is 0 Å². The summed E-state index contributed by atoms with van der Waals surface area (Å²) in [5, 5.41) is 4.14. The van der Waals surface area contributed by atoms with Gasteiger partial charge in [-0.05, 0) is 49.2 Å². The first kappa shape index (κ1) is 18.3. The number of hydrogen-bond acceptors (Lipinski definition) is 6. The van der Waals surface area contributed by atoms with Crippen LogP contribution in [-0.4, -0.2) is 42.3 Å². The lowest BCUT2D eigenvalue weighted by atomic mass is 10.1. The molecule has 1 atom stereocenters. The second-order valence-corrected chi connectivity index (χ2v) is 6.71. The first-order chi connectivity index (χ1) is 13.7. The quantitative estimate of drug-likeness (QED) is 0.619. The van der Waals surface area contributed by atoms with E-state index in [-0.39, 0.29) is 12.0 Å². The van der Waals surface area contributed by atoms with Crippen LogP contribution in [-0.2, 0) is 11.3 Å². The Hall–Kier alpha value is -3.06. The van der Waals surface area contributed by atoms with Crippen molar-refractivity contribution in [1.29, 1.82) is 0 Å². The van der Waals surface area contributed by atoms with Gasteiger partial charge in [0.05, 0.1) is 26.0 Å². The van der Waals surface area contributed by atoms with E-state index in [9.17, 15) is 4.79 Å². The van der Waals surface area contributed by atoms with E-state index in [1.54, 1.807) is 24.1 Å². The van der Waals surface area contributed by atoms with Crippen molar-refractivity contribution in [3.63, 3.8) is 0 Å². The molecule has 0 saturated carbocycles. The molecule has 0 unspecified atom stereocenters. The van der Waals surface area contributed by atoms with E-state index in [0.717, 1.165) is 30.8 Å². The van der Waals surface area contributed by atoms with Gasteiger partial charge in [-0.2, -0.15) is 0 Å². The summed E-state index contributed by atoms with van der Waals surface area (Å²) in [6.45, 7) is 1.54. The van der Waals surface area contributed by atoms with Gasteiger partial charge in [0.1, 0.15) is 11.4 Å². The van der Waals surface area contributed by atoms with Gasteiger partial charge < -0.3 is 23.3 Å². The lowest BCUT2D eigenvalue weighted by molar-refractivity contribution is 0.0479. The Morgan fingerprint density at radius 3 is 2.82 bits per heavy atom. The van der Waals surface area contributed by atoms with Crippen LogP contribution in [0.4, 0.5) is 0 Å². The third-order valence-corrected chi connectivity index (χ3v) is 4.75. The second kappa shape index (κ2) is 8.31. The summed E-state index contributed by atoms with van der Waals surface area (Å²) >= 11 is 0. The van der Waals surface area contributed by atoms with Crippen LogP contribution in [0.1, 0.15) is 29.1 Å². The predicted octanol–water partition coefficient (Wildman–Crippen LogP) is 3.76. The standard InChI is InChI=1S/C21H22N2O5/c1-25-17-8-6-15(7-9-17)20-12-16(22-28-20)13-23(14-18-4-2-10-26-18)21(24)19-5-3-11-27-19/h3,5-9,11-12,18H,2,4,10,13-14H2,1H3/t18-/m0/s1. The number of furan rings is 1. The minimum Gasteiger partial charge on any atom is -0.497 e. The van der Waals surface area contributed by atoms with Gasteiger partial charge in [0.25, 0.3) is 5.91 Å². The van der Waals surface area contributed by atoms with Crippen LogP contribution < -0.4 is 4.74 Å². The smallest absolute Gasteiger partial charge is 0.289 e. The second-order valence-electron chi connectivity index (χ2n) is 6.71. The number of carbonyl (C=O) groups is 1. The van der Waals surface area contributed by atoms with Gasteiger partial charge in [-0.25, -0.2) is 0 Å². The molecule has 28 heavy (non-hydrogen) atoms. The number of methoxy groups -OCH3 is 1. The molecule has 1 aliphatic heterocycles. The summed E-state index contributed by atoms with van der Waals surface area (Å²) in [4.78, 5) is 14.5. The van der Waals surface area contributed by atoms with Crippen LogP contribution in [0.3, 0.4) is 0 Å². The van der Waals surface area contributed by atoms with E-state index < -0.39 is 0 Å². The fourth-order valence-corrected chi connectivity index (χ4v) is 3.28. The number of rotatable bonds is 7. The summed E-state index contributed by atoms with van der Waals surface area (Å²) in [5.74, 6) is 1.53. The molecule has 3 heterocycles. The molecule has 0 N–H and O–H groups in total. The minimum atomic E-state index is -0.186. The fraction of sp³-hybridized carbons (Fsp3) is 0.333. The van der Waals surface area contributed by atoms with Crippen molar-refractivity contribution in [2.75, 3.05) is 20.3 Å². The Balaban J connectivity index is 1.51. The number of ether oxygens (including phenoxy) is 2. The van der Waals surface area contributed by atoms with Crippen molar-refractivity contribution in [2.45, 2.75) is 25.5 Å². The molecule has 3 aromatic rings. The molecule has 7 nitrogen and oxygen atoms in total. The molecule has 1 aliphatic rings. The summed E-state index contributed by atoms with van der Waals surface area (Å²) in [5.41, 5.74) is 1.56. The van der Waals surface area contributed by atoms with Crippen molar-refractivity contribution in [3.8, 4) is 17.1 Å². The first-order valence-corrected chi connectivity index (χ1v) is 9.27. The average molecular weight is 382 g/mol. The largest absolute Gasteiger partial charge is 0.497 e. The van der Waals surface area contributed by atoms with Gasteiger partial charge in [-0.3, -0.25) is 4.79 Å². The molecule has 4 rings (SSSR count). The highest BCUT2D eigenvalue weighted by atomic mass is 16.5. The van der Waals surface area contributed by atoms with Gasteiger partial charge in [-0.1, -0.05) is 5.16 Å². The number of aromatic nitrogens is 1. The monoisotopic (exact) mass is 382 g/mol. The molecule has 0 radical (unpaired) electrons. The molecule has 1 aromatic carbocycles. The molecule has 1 amide bonds. The molecule has 0 bridgehead atoms. The van der Waals surface area contributed by atoms with E-state index in [1.165, 1.54) is 6.26 Å². The predicted molar refractivity (Wildman–Crippen MR) is 101 cm³/mol. The molecule has 146 valence electrons. The number of hydrogen-bond donors (Lipinski definition) is 0. The topological polar surface area (TPSA) is 77.9 Å². The molecule has 2 aromatic heterocycles. The minimum absolute atomic E-state index is 0.0341. The lowest BCUT2D eigenvalue weighted by Gasteiger charge is -2.23. The third kappa shape index (κ3) is 4.09. The van der Waals surface area contributed by atoms with Crippen molar-refractivity contribution in [2.24, 2.45) is 0 Å². The van der Waals surface area contributed by atoms with Crippen LogP contribution >= 0.6 is 0 Å². The lowest BCUT2D eigenvalue weighted by Crippen LogP contribution is -2.36. The van der Waals surface area contributed by atoms with Gasteiger partial charge in [-0.15, -0.1) is 0 Å². The molecular weight excluding hydrogens is 360 g/mol. The highest BCUT2D eigenvalue weighted by Gasteiger charge is 2.26. The molecular formula is C21H22N2O5. The maximum absolute atomic E-state index is 12.8. The Bertz CT molecular complexity index is 895. The van der Waals surface area contributed by atoms with E-state index in [1.807, 2.05) is 30.3 Å². The Morgan fingerprint density at radius 1 is 1.29 bits per heavy atom. The maximum Gasteiger partial charge on any atom is 0.289 e. The first-order valence-electron chi connectivity index (χ1n) is 9.27. The molecule has 7 heteroatoms. The molecule has 1 saturated heterocycles. The Kier molecular flexibility index (Phi) is 5.43. The van der Waals surface area contributed by atoms with Crippen molar-refractivity contribution >= 4 is 5.91 Å². The normalized spacial score (nSPS) is 16.2. The highest BCUT2D eigenvalue weighted by molar-refractivity contribution is 5.91. The number of nitrogens with zero attached hydrogens (tertiary/aromatic N) is 2. The van der Waals surface area contributed by atoms with Gasteiger partial charge in [0, 0.05) is 24.8 Å². The van der Waals surface area contributed by atoms with Crippen LogP contribution in [0.15, 0.2) is 57.7 Å². The van der Waals surface area contributed by atoms with E-state index in [0.29, 0.717) is 30.3 Å². The van der Waals surface area contributed by atoms with Gasteiger partial charge in [0.15, 0.2) is 11.5 Å². The SMILES string of the molecule is COc1ccc(-c2cc(CN(C[C@@H]3CCCO3)C(=O)c3ccco3)no2)cc1. The Morgan fingerprint density at radius 2 is 2.14 bits per heavy atom. The summed E-state index contributed by atoms with van der Waals surface area (Å²) < 4.78 is 21.7. The molecule has 1 fully saturated rings. The van der Waals surface area contributed by atoms with Crippen molar-refractivity contribution < 1.29 is 23.2 Å². The highest BCUT2D eigenvalue weighted by Crippen LogP contribution is 2.24. The summed E-state index contributed by atoms with van der Waals surface area (Å²) in [7, 11) is 1.63. The average Bonchev–Trinajstić information content (AvgIpc) is 3.49. The maximum atomic E-state index is 12.8.